The second-order valence-electron chi connectivity index (χ2n) is 3.22. The Morgan fingerprint density at radius 3 is 1.82 bits per heavy atom. The molecule has 1 aromatic rings. The van der Waals surface area contributed by atoms with Crippen LogP contribution in [0, 0.1) is 29.1 Å². The molecular formula is C10H10F5NO. The molecule has 0 aliphatic carbocycles. The Hall–Kier alpha value is -1.37. The first-order valence-corrected chi connectivity index (χ1v) is 4.75. The van der Waals surface area contributed by atoms with Crippen LogP contribution in [0.2, 0.25) is 0 Å². The SMILES string of the molecule is COCCCNc1c(F)c(F)c(F)c(F)c1F. The van der Waals surface area contributed by atoms with Crippen LogP contribution in [0.5, 0.6) is 0 Å². The lowest BCUT2D eigenvalue weighted by atomic mass is 10.2. The minimum absolute atomic E-state index is 0.0339. The Labute approximate surface area is 94.4 Å². The Balaban J connectivity index is 2.92. The highest BCUT2D eigenvalue weighted by atomic mass is 19.2. The van der Waals surface area contributed by atoms with Crippen molar-refractivity contribution >= 4 is 5.69 Å². The number of anilines is 1. The molecule has 1 N–H and O–H groups in total. The first kappa shape index (κ1) is 13.7. The highest BCUT2D eigenvalue weighted by Gasteiger charge is 2.25. The lowest BCUT2D eigenvalue weighted by molar-refractivity contribution is 0.197. The molecule has 0 spiro atoms. The van der Waals surface area contributed by atoms with Crippen LogP contribution in [-0.2, 0) is 4.74 Å². The number of benzene rings is 1. The van der Waals surface area contributed by atoms with E-state index in [0.29, 0.717) is 13.0 Å². The Morgan fingerprint density at radius 1 is 0.882 bits per heavy atom. The molecule has 0 fully saturated rings. The van der Waals surface area contributed by atoms with E-state index < -0.39 is 34.8 Å². The van der Waals surface area contributed by atoms with Gasteiger partial charge in [-0.05, 0) is 6.42 Å². The van der Waals surface area contributed by atoms with Gasteiger partial charge in [0.05, 0.1) is 0 Å². The van der Waals surface area contributed by atoms with E-state index >= 15 is 0 Å². The van der Waals surface area contributed by atoms with E-state index in [1.54, 1.807) is 0 Å². The molecule has 0 saturated carbocycles. The van der Waals surface area contributed by atoms with Crippen LogP contribution in [0.15, 0.2) is 0 Å². The quantitative estimate of drug-likeness (QED) is 0.378. The fraction of sp³-hybridized carbons (Fsp3) is 0.400. The topological polar surface area (TPSA) is 21.3 Å². The van der Waals surface area contributed by atoms with Crippen molar-refractivity contribution < 1.29 is 26.7 Å². The van der Waals surface area contributed by atoms with E-state index in [4.69, 9.17) is 0 Å². The average Bonchev–Trinajstić information content (AvgIpc) is 2.33. The lowest BCUT2D eigenvalue weighted by Crippen LogP contribution is -2.12. The monoisotopic (exact) mass is 255 g/mol. The Bertz CT molecular complexity index is 381. The molecule has 0 heterocycles. The molecule has 0 unspecified atom stereocenters. The van der Waals surface area contributed by atoms with Crippen LogP contribution in [0.4, 0.5) is 27.6 Å². The van der Waals surface area contributed by atoms with Gasteiger partial charge in [-0.2, -0.15) is 0 Å². The molecule has 2 nitrogen and oxygen atoms in total. The minimum atomic E-state index is -2.16. The summed E-state index contributed by atoms with van der Waals surface area (Å²) in [5, 5.41) is 2.15. The van der Waals surface area contributed by atoms with E-state index in [1.165, 1.54) is 7.11 Å². The van der Waals surface area contributed by atoms with E-state index in [1.807, 2.05) is 0 Å². The van der Waals surface area contributed by atoms with Gasteiger partial charge in [-0.25, -0.2) is 22.0 Å². The van der Waals surface area contributed by atoms with E-state index in [0.717, 1.165) is 0 Å². The van der Waals surface area contributed by atoms with Gasteiger partial charge in [0, 0.05) is 20.3 Å². The Morgan fingerprint density at radius 2 is 1.35 bits per heavy atom. The molecule has 7 heteroatoms. The number of hydrogen-bond acceptors (Lipinski definition) is 2. The predicted octanol–water partition coefficient (Wildman–Crippen LogP) is 2.83. The molecule has 1 aromatic carbocycles. The fourth-order valence-corrected chi connectivity index (χ4v) is 1.19. The average molecular weight is 255 g/mol. The summed E-state index contributed by atoms with van der Waals surface area (Å²) >= 11 is 0. The third kappa shape index (κ3) is 2.85. The van der Waals surface area contributed by atoms with Crippen molar-refractivity contribution in [3.05, 3.63) is 29.1 Å². The second-order valence-corrected chi connectivity index (χ2v) is 3.22. The molecule has 0 saturated heterocycles. The molecule has 0 aliphatic rings. The number of ether oxygens (including phenoxy) is 1. The van der Waals surface area contributed by atoms with Crippen LogP contribution in [-0.4, -0.2) is 20.3 Å². The highest BCUT2D eigenvalue weighted by Crippen LogP contribution is 2.26. The summed E-state index contributed by atoms with van der Waals surface area (Å²) in [6.45, 7) is 0.342. The van der Waals surface area contributed by atoms with Gasteiger partial charge >= 0.3 is 0 Å². The molecule has 1 rings (SSSR count). The van der Waals surface area contributed by atoms with Crippen LogP contribution in [0.1, 0.15) is 6.42 Å². The second kappa shape index (κ2) is 5.81. The summed E-state index contributed by atoms with van der Waals surface area (Å²) in [6.07, 6.45) is 0.371. The van der Waals surface area contributed by atoms with E-state index in [-0.39, 0.29) is 6.54 Å². The molecule has 0 bridgehead atoms. The number of hydrogen-bond donors (Lipinski definition) is 1. The van der Waals surface area contributed by atoms with Gasteiger partial charge in [0.1, 0.15) is 5.69 Å². The minimum Gasteiger partial charge on any atom is -0.385 e. The van der Waals surface area contributed by atoms with Crippen molar-refractivity contribution in [3.8, 4) is 0 Å². The molecule has 96 valence electrons. The van der Waals surface area contributed by atoms with Gasteiger partial charge in [0.2, 0.25) is 5.82 Å². The lowest BCUT2D eigenvalue weighted by Gasteiger charge is -2.10. The standard InChI is InChI=1S/C10H10F5NO/c1-17-4-2-3-16-10-8(14)6(12)5(11)7(13)9(10)15/h16H,2-4H2,1H3. The van der Waals surface area contributed by atoms with Gasteiger partial charge in [0.15, 0.2) is 23.3 Å². The normalized spacial score (nSPS) is 10.7. The molecule has 0 aliphatic heterocycles. The van der Waals surface area contributed by atoms with Crippen molar-refractivity contribution in [1.82, 2.24) is 0 Å². The van der Waals surface area contributed by atoms with Crippen molar-refractivity contribution in [1.29, 1.82) is 0 Å². The maximum absolute atomic E-state index is 13.1. The third-order valence-corrected chi connectivity index (χ3v) is 2.04. The zero-order valence-corrected chi connectivity index (χ0v) is 8.92. The number of halogens is 5. The summed E-state index contributed by atoms with van der Waals surface area (Å²) in [6, 6.07) is 0. The molecular weight excluding hydrogens is 245 g/mol. The largest absolute Gasteiger partial charge is 0.385 e. The van der Waals surface area contributed by atoms with Gasteiger partial charge in [-0.15, -0.1) is 0 Å². The van der Waals surface area contributed by atoms with Crippen molar-refractivity contribution in [2.45, 2.75) is 6.42 Å². The number of rotatable bonds is 5. The summed E-state index contributed by atoms with van der Waals surface area (Å²) in [4.78, 5) is 0. The third-order valence-electron chi connectivity index (χ3n) is 2.04. The van der Waals surface area contributed by atoms with Crippen LogP contribution in [0.25, 0.3) is 0 Å². The van der Waals surface area contributed by atoms with Gasteiger partial charge < -0.3 is 10.1 Å². The molecule has 0 amide bonds. The smallest absolute Gasteiger partial charge is 0.200 e. The zero-order chi connectivity index (χ0) is 13.0. The first-order valence-electron chi connectivity index (χ1n) is 4.75. The predicted molar refractivity (Wildman–Crippen MR) is 51.2 cm³/mol. The maximum atomic E-state index is 13.1. The maximum Gasteiger partial charge on any atom is 0.200 e. The van der Waals surface area contributed by atoms with Crippen LogP contribution < -0.4 is 5.32 Å². The first-order chi connectivity index (χ1) is 8.00. The van der Waals surface area contributed by atoms with Crippen molar-refractivity contribution in [2.75, 3.05) is 25.6 Å². The molecule has 0 radical (unpaired) electrons. The van der Waals surface area contributed by atoms with Crippen molar-refractivity contribution in [2.24, 2.45) is 0 Å². The number of methoxy groups -OCH3 is 1. The molecule has 17 heavy (non-hydrogen) atoms. The Kier molecular flexibility index (Phi) is 4.68. The van der Waals surface area contributed by atoms with Crippen LogP contribution in [0.3, 0.4) is 0 Å². The summed E-state index contributed by atoms with van der Waals surface area (Å²) in [5.41, 5.74) is -1.02. The highest BCUT2D eigenvalue weighted by molar-refractivity contribution is 5.47. The van der Waals surface area contributed by atoms with E-state index in [2.05, 4.69) is 10.1 Å². The van der Waals surface area contributed by atoms with Crippen molar-refractivity contribution in [3.63, 3.8) is 0 Å². The van der Waals surface area contributed by atoms with Gasteiger partial charge in [-0.1, -0.05) is 0 Å². The summed E-state index contributed by atoms with van der Waals surface area (Å²) in [7, 11) is 1.43. The van der Waals surface area contributed by atoms with Gasteiger partial charge in [-0.3, -0.25) is 0 Å². The van der Waals surface area contributed by atoms with Gasteiger partial charge in [0.25, 0.3) is 0 Å². The fourth-order valence-electron chi connectivity index (χ4n) is 1.19. The molecule has 0 aromatic heterocycles. The number of nitrogens with one attached hydrogen (secondary N) is 1. The summed E-state index contributed by atoms with van der Waals surface area (Å²) < 4.78 is 69.0. The zero-order valence-electron chi connectivity index (χ0n) is 8.92. The summed E-state index contributed by atoms with van der Waals surface area (Å²) in [5.74, 6) is -9.81. The van der Waals surface area contributed by atoms with Crippen LogP contribution >= 0.6 is 0 Å². The van der Waals surface area contributed by atoms with E-state index in [9.17, 15) is 22.0 Å². The molecule has 0 atom stereocenters.